The van der Waals surface area contributed by atoms with Crippen LogP contribution in [0.3, 0.4) is 0 Å². The quantitative estimate of drug-likeness (QED) is 0.841. The van der Waals surface area contributed by atoms with Crippen molar-refractivity contribution in [2.45, 2.75) is 39.0 Å². The van der Waals surface area contributed by atoms with Gasteiger partial charge in [0.05, 0.1) is 0 Å². The highest BCUT2D eigenvalue weighted by Gasteiger charge is 2.24. The van der Waals surface area contributed by atoms with E-state index in [2.05, 4.69) is 15.4 Å². The average molecular weight is 348 g/mol. The van der Waals surface area contributed by atoms with Crippen LogP contribution in [-0.4, -0.2) is 66.0 Å². The molecule has 7 nitrogen and oxygen atoms in total. The summed E-state index contributed by atoms with van der Waals surface area (Å²) in [6.45, 7) is 6.30. The Labute approximate surface area is 148 Å². The third kappa shape index (κ3) is 5.04. The van der Waals surface area contributed by atoms with Crippen molar-refractivity contribution in [2.75, 3.05) is 39.3 Å². The Morgan fingerprint density at radius 3 is 2.60 bits per heavy atom. The molecule has 1 N–H and O–H groups in total. The molecule has 1 aliphatic carbocycles. The maximum Gasteiger partial charge on any atom is 0.276 e. The lowest BCUT2D eigenvalue weighted by atomic mass is 10.0. The maximum atomic E-state index is 12.3. The smallest absolute Gasteiger partial charge is 0.276 e. The minimum Gasteiger partial charge on any atom is -0.361 e. The lowest BCUT2D eigenvalue weighted by Gasteiger charge is -2.34. The van der Waals surface area contributed by atoms with E-state index in [1.54, 1.807) is 13.0 Å². The molecule has 1 aromatic heterocycles. The molecule has 138 valence electrons. The van der Waals surface area contributed by atoms with Crippen molar-refractivity contribution in [3.05, 3.63) is 17.5 Å². The van der Waals surface area contributed by atoms with Crippen molar-refractivity contribution in [1.29, 1.82) is 0 Å². The molecule has 2 aliphatic rings. The summed E-state index contributed by atoms with van der Waals surface area (Å²) in [5.74, 6) is 1.36. The second-order valence-electron chi connectivity index (χ2n) is 7.16. The first-order chi connectivity index (χ1) is 12.1. The summed E-state index contributed by atoms with van der Waals surface area (Å²) >= 11 is 0. The molecular weight excluding hydrogens is 320 g/mol. The molecule has 2 heterocycles. The van der Waals surface area contributed by atoms with E-state index in [-0.39, 0.29) is 11.8 Å². The summed E-state index contributed by atoms with van der Waals surface area (Å²) in [7, 11) is 0. The zero-order valence-corrected chi connectivity index (χ0v) is 15.0. The summed E-state index contributed by atoms with van der Waals surface area (Å²) in [5, 5.41) is 6.83. The van der Waals surface area contributed by atoms with Crippen molar-refractivity contribution >= 4 is 11.8 Å². The highest BCUT2D eigenvalue weighted by molar-refractivity contribution is 5.92. The molecule has 1 saturated carbocycles. The predicted octanol–water partition coefficient (Wildman–Crippen LogP) is 1.44. The van der Waals surface area contributed by atoms with Gasteiger partial charge in [-0.15, -0.1) is 0 Å². The van der Waals surface area contributed by atoms with E-state index in [9.17, 15) is 9.59 Å². The average Bonchev–Trinajstić information content (AvgIpc) is 3.26. The van der Waals surface area contributed by atoms with Gasteiger partial charge in [0.2, 0.25) is 5.91 Å². The van der Waals surface area contributed by atoms with Crippen LogP contribution in [0, 0.1) is 12.8 Å². The van der Waals surface area contributed by atoms with Gasteiger partial charge in [-0.25, -0.2) is 0 Å². The van der Waals surface area contributed by atoms with Gasteiger partial charge in [0.15, 0.2) is 5.69 Å². The van der Waals surface area contributed by atoms with E-state index >= 15 is 0 Å². The Morgan fingerprint density at radius 2 is 1.96 bits per heavy atom. The highest BCUT2D eigenvalue weighted by Crippen LogP contribution is 2.27. The second-order valence-corrected chi connectivity index (χ2v) is 7.16. The monoisotopic (exact) mass is 348 g/mol. The van der Waals surface area contributed by atoms with Crippen LogP contribution in [0.4, 0.5) is 0 Å². The molecule has 0 atom stereocenters. The Kier molecular flexibility index (Phi) is 6.07. The number of amides is 2. The number of piperazine rings is 1. The number of nitrogens with zero attached hydrogens (tertiary/aromatic N) is 3. The molecule has 7 heteroatoms. The first-order valence-electron chi connectivity index (χ1n) is 9.33. The Morgan fingerprint density at radius 1 is 1.24 bits per heavy atom. The number of hydrogen-bond donors (Lipinski definition) is 1. The molecule has 2 amide bonds. The molecule has 1 saturated heterocycles. The van der Waals surface area contributed by atoms with Crippen molar-refractivity contribution in [2.24, 2.45) is 5.92 Å². The van der Waals surface area contributed by atoms with Gasteiger partial charge in [0.25, 0.3) is 5.91 Å². The first-order valence-corrected chi connectivity index (χ1v) is 9.33. The van der Waals surface area contributed by atoms with Crippen LogP contribution < -0.4 is 5.32 Å². The minimum absolute atomic E-state index is 0.0682. The summed E-state index contributed by atoms with van der Waals surface area (Å²) in [4.78, 5) is 28.4. The largest absolute Gasteiger partial charge is 0.361 e. The SMILES string of the molecule is Cc1cc(C(=O)N2CCN(CCNC(=O)CC3CCCC3)CC2)no1. The number of aromatic nitrogens is 1. The topological polar surface area (TPSA) is 78.7 Å². The summed E-state index contributed by atoms with van der Waals surface area (Å²) in [6, 6.07) is 1.68. The van der Waals surface area contributed by atoms with E-state index in [0.717, 1.165) is 19.6 Å². The number of rotatable bonds is 6. The number of aryl methyl sites for hydroxylation is 1. The van der Waals surface area contributed by atoms with Gasteiger partial charge in [-0.3, -0.25) is 14.5 Å². The van der Waals surface area contributed by atoms with Crippen molar-refractivity contribution in [3.8, 4) is 0 Å². The number of hydrogen-bond acceptors (Lipinski definition) is 5. The van der Waals surface area contributed by atoms with Crippen molar-refractivity contribution < 1.29 is 14.1 Å². The van der Waals surface area contributed by atoms with Gasteiger partial charge in [-0.1, -0.05) is 18.0 Å². The van der Waals surface area contributed by atoms with Crippen molar-refractivity contribution in [1.82, 2.24) is 20.3 Å². The molecular formula is C18H28N4O3. The number of carbonyl (C=O) groups excluding carboxylic acids is 2. The lowest BCUT2D eigenvalue weighted by Crippen LogP contribution is -2.50. The standard InChI is InChI=1S/C18H28N4O3/c1-14-12-16(20-25-14)18(24)22-10-8-21(9-11-22)7-6-19-17(23)13-15-4-2-3-5-15/h12,15H,2-11,13H2,1H3,(H,19,23). The van der Waals surface area contributed by atoms with Gasteiger partial charge in [-0.2, -0.15) is 0 Å². The fraction of sp³-hybridized carbons (Fsp3) is 0.722. The summed E-state index contributed by atoms with van der Waals surface area (Å²) in [6.07, 6.45) is 5.63. The first kappa shape index (κ1) is 17.9. The van der Waals surface area contributed by atoms with Crippen LogP contribution in [0.1, 0.15) is 48.4 Å². The highest BCUT2D eigenvalue weighted by atomic mass is 16.5. The summed E-state index contributed by atoms with van der Waals surface area (Å²) < 4.78 is 4.97. The molecule has 0 bridgehead atoms. The van der Waals surface area contributed by atoms with Crippen LogP contribution in [-0.2, 0) is 4.79 Å². The molecule has 1 aromatic rings. The Balaban J connectivity index is 1.32. The van der Waals surface area contributed by atoms with E-state index in [1.165, 1.54) is 25.7 Å². The van der Waals surface area contributed by atoms with Crippen LogP contribution in [0.2, 0.25) is 0 Å². The van der Waals surface area contributed by atoms with Gasteiger partial charge in [0.1, 0.15) is 5.76 Å². The molecule has 0 aromatic carbocycles. The zero-order chi connectivity index (χ0) is 17.6. The van der Waals surface area contributed by atoms with Gasteiger partial charge >= 0.3 is 0 Å². The predicted molar refractivity (Wildman–Crippen MR) is 93.2 cm³/mol. The van der Waals surface area contributed by atoms with E-state index < -0.39 is 0 Å². The maximum absolute atomic E-state index is 12.3. The molecule has 0 radical (unpaired) electrons. The van der Waals surface area contributed by atoms with Gasteiger partial charge in [0, 0.05) is 51.8 Å². The fourth-order valence-corrected chi connectivity index (χ4v) is 3.71. The van der Waals surface area contributed by atoms with E-state index in [0.29, 0.717) is 43.4 Å². The molecule has 0 spiro atoms. The van der Waals surface area contributed by atoms with E-state index in [1.807, 2.05) is 4.90 Å². The molecule has 2 fully saturated rings. The van der Waals surface area contributed by atoms with Gasteiger partial charge in [-0.05, 0) is 25.7 Å². The van der Waals surface area contributed by atoms with Gasteiger partial charge < -0.3 is 14.7 Å². The number of carbonyl (C=O) groups is 2. The van der Waals surface area contributed by atoms with Crippen LogP contribution in [0.5, 0.6) is 0 Å². The zero-order valence-electron chi connectivity index (χ0n) is 15.0. The van der Waals surface area contributed by atoms with Crippen LogP contribution >= 0.6 is 0 Å². The Bertz CT molecular complexity index is 587. The van der Waals surface area contributed by atoms with Crippen LogP contribution in [0.15, 0.2) is 10.6 Å². The Hall–Kier alpha value is -1.89. The third-order valence-corrected chi connectivity index (χ3v) is 5.21. The molecule has 0 unspecified atom stereocenters. The third-order valence-electron chi connectivity index (χ3n) is 5.21. The van der Waals surface area contributed by atoms with Crippen LogP contribution in [0.25, 0.3) is 0 Å². The molecule has 1 aliphatic heterocycles. The van der Waals surface area contributed by atoms with Crippen molar-refractivity contribution in [3.63, 3.8) is 0 Å². The van der Waals surface area contributed by atoms with E-state index in [4.69, 9.17) is 4.52 Å². The minimum atomic E-state index is -0.0682. The normalized spacial score (nSPS) is 19.3. The molecule has 25 heavy (non-hydrogen) atoms. The fourth-order valence-electron chi connectivity index (χ4n) is 3.71. The number of nitrogens with one attached hydrogen (secondary N) is 1. The molecule has 3 rings (SSSR count). The summed E-state index contributed by atoms with van der Waals surface area (Å²) in [5.41, 5.74) is 0.380. The lowest BCUT2D eigenvalue weighted by molar-refractivity contribution is -0.122. The second kappa shape index (κ2) is 8.47.